The van der Waals surface area contributed by atoms with Crippen molar-refractivity contribution in [1.29, 1.82) is 0 Å². The summed E-state index contributed by atoms with van der Waals surface area (Å²) in [6, 6.07) is 5.08. The predicted octanol–water partition coefficient (Wildman–Crippen LogP) is 2.05. The van der Waals surface area contributed by atoms with Crippen LogP contribution in [0.25, 0.3) is 0 Å². The molecule has 0 saturated carbocycles. The molecule has 0 atom stereocenters. The van der Waals surface area contributed by atoms with E-state index in [0.29, 0.717) is 11.4 Å². The Morgan fingerprint density at radius 3 is 2.61 bits per heavy atom. The Labute approximate surface area is 105 Å². The first-order valence-electron chi connectivity index (χ1n) is 5.46. The molecule has 0 radical (unpaired) electrons. The number of hydrogen-bond acceptors (Lipinski definition) is 4. The van der Waals surface area contributed by atoms with Gasteiger partial charge in [0.05, 0.1) is 6.20 Å². The van der Waals surface area contributed by atoms with E-state index in [1.165, 1.54) is 12.3 Å². The first-order valence-corrected chi connectivity index (χ1v) is 5.46. The molecule has 0 aromatic carbocycles. The van der Waals surface area contributed by atoms with E-state index < -0.39 is 0 Å². The summed E-state index contributed by atoms with van der Waals surface area (Å²) in [5.41, 5.74) is 1.90. The fourth-order valence-electron chi connectivity index (χ4n) is 1.51. The first kappa shape index (κ1) is 12.0. The van der Waals surface area contributed by atoms with Crippen molar-refractivity contribution < 1.29 is 9.90 Å². The highest BCUT2D eigenvalue weighted by molar-refractivity contribution is 6.03. The molecule has 0 unspecified atom stereocenters. The van der Waals surface area contributed by atoms with Gasteiger partial charge in [-0.05, 0) is 37.1 Å². The van der Waals surface area contributed by atoms with E-state index in [-0.39, 0.29) is 17.4 Å². The molecule has 2 heterocycles. The normalized spacial score (nSPS) is 10.1. The van der Waals surface area contributed by atoms with Gasteiger partial charge in [0.25, 0.3) is 5.91 Å². The molecule has 5 nitrogen and oxygen atoms in total. The average molecular weight is 243 g/mol. The number of aryl methyl sites for hydroxylation is 2. The molecule has 0 fully saturated rings. The number of aromatic hydroxyl groups is 1. The van der Waals surface area contributed by atoms with Crippen LogP contribution in [0.1, 0.15) is 21.6 Å². The molecule has 18 heavy (non-hydrogen) atoms. The van der Waals surface area contributed by atoms with Gasteiger partial charge >= 0.3 is 0 Å². The lowest BCUT2D eigenvalue weighted by Gasteiger charge is -2.06. The monoisotopic (exact) mass is 243 g/mol. The maximum atomic E-state index is 11.9. The summed E-state index contributed by atoms with van der Waals surface area (Å²) < 4.78 is 0. The Morgan fingerprint density at radius 1 is 1.22 bits per heavy atom. The summed E-state index contributed by atoms with van der Waals surface area (Å²) in [6.45, 7) is 3.63. The maximum absolute atomic E-state index is 11.9. The van der Waals surface area contributed by atoms with Gasteiger partial charge in [-0.25, -0.2) is 9.97 Å². The third kappa shape index (κ3) is 2.63. The van der Waals surface area contributed by atoms with Gasteiger partial charge in [-0.15, -0.1) is 0 Å². The number of rotatable bonds is 2. The number of carbonyl (C=O) groups is 1. The number of amides is 1. The third-order valence-electron chi connectivity index (χ3n) is 2.43. The lowest BCUT2D eigenvalue weighted by atomic mass is 10.2. The fourth-order valence-corrected chi connectivity index (χ4v) is 1.51. The Balaban J connectivity index is 2.19. The highest BCUT2D eigenvalue weighted by Crippen LogP contribution is 2.14. The number of carbonyl (C=O) groups excluding carboxylic acids is 1. The number of hydrogen-bond donors (Lipinski definition) is 2. The van der Waals surface area contributed by atoms with Crippen molar-refractivity contribution in [2.45, 2.75) is 13.8 Å². The van der Waals surface area contributed by atoms with E-state index in [1.54, 1.807) is 19.2 Å². The average Bonchev–Trinajstić information content (AvgIpc) is 2.32. The number of anilines is 1. The fraction of sp³-hybridized carbons (Fsp3) is 0.154. The lowest BCUT2D eigenvalue weighted by molar-refractivity contribution is 0.102. The molecule has 0 aliphatic rings. The standard InChI is InChI=1S/C13H13N3O2/c1-8-3-4-11(14-6-8)16-13(18)12-9(2)5-10(17)7-15-12/h3-7,17H,1-2H3,(H,14,16,18). The van der Waals surface area contributed by atoms with Gasteiger partial charge in [0.1, 0.15) is 17.3 Å². The quantitative estimate of drug-likeness (QED) is 0.846. The molecule has 92 valence electrons. The van der Waals surface area contributed by atoms with Gasteiger partial charge in [0.2, 0.25) is 0 Å². The smallest absolute Gasteiger partial charge is 0.275 e. The van der Waals surface area contributed by atoms with Gasteiger partial charge in [-0.3, -0.25) is 4.79 Å². The molecule has 2 rings (SSSR count). The van der Waals surface area contributed by atoms with Gasteiger partial charge < -0.3 is 10.4 Å². The second-order valence-electron chi connectivity index (χ2n) is 4.03. The minimum atomic E-state index is -0.344. The highest BCUT2D eigenvalue weighted by Gasteiger charge is 2.11. The van der Waals surface area contributed by atoms with Crippen LogP contribution in [0.2, 0.25) is 0 Å². The van der Waals surface area contributed by atoms with Gasteiger partial charge in [0, 0.05) is 6.20 Å². The molecule has 2 aromatic heterocycles. The van der Waals surface area contributed by atoms with E-state index in [9.17, 15) is 9.90 Å². The Kier molecular flexibility index (Phi) is 3.23. The lowest BCUT2D eigenvalue weighted by Crippen LogP contribution is -2.15. The molecule has 0 aliphatic heterocycles. The minimum absolute atomic E-state index is 0.0394. The van der Waals surface area contributed by atoms with Crippen molar-refractivity contribution in [1.82, 2.24) is 9.97 Å². The summed E-state index contributed by atoms with van der Waals surface area (Å²) in [6.07, 6.45) is 2.91. The van der Waals surface area contributed by atoms with E-state index >= 15 is 0 Å². The van der Waals surface area contributed by atoms with E-state index in [0.717, 1.165) is 5.56 Å². The summed E-state index contributed by atoms with van der Waals surface area (Å²) in [5.74, 6) is 0.168. The molecular weight excluding hydrogens is 230 g/mol. The second kappa shape index (κ2) is 4.83. The predicted molar refractivity (Wildman–Crippen MR) is 67.6 cm³/mol. The van der Waals surface area contributed by atoms with Crippen molar-refractivity contribution in [3.63, 3.8) is 0 Å². The zero-order valence-electron chi connectivity index (χ0n) is 10.1. The van der Waals surface area contributed by atoms with E-state index in [2.05, 4.69) is 15.3 Å². The first-order chi connectivity index (χ1) is 8.56. The molecular formula is C13H13N3O2. The third-order valence-corrected chi connectivity index (χ3v) is 2.43. The van der Waals surface area contributed by atoms with E-state index in [4.69, 9.17) is 0 Å². The van der Waals surface area contributed by atoms with Crippen LogP contribution in [0, 0.1) is 13.8 Å². The molecule has 2 aromatic rings. The van der Waals surface area contributed by atoms with Crippen LogP contribution in [0.15, 0.2) is 30.6 Å². The number of nitrogens with zero attached hydrogens (tertiary/aromatic N) is 2. The van der Waals surface area contributed by atoms with Crippen molar-refractivity contribution in [3.8, 4) is 5.75 Å². The molecule has 2 N–H and O–H groups in total. The van der Waals surface area contributed by atoms with E-state index in [1.807, 2.05) is 13.0 Å². The van der Waals surface area contributed by atoms with Gasteiger partial charge in [-0.2, -0.15) is 0 Å². The van der Waals surface area contributed by atoms with Crippen molar-refractivity contribution in [2.24, 2.45) is 0 Å². The molecule has 0 bridgehead atoms. The molecule has 1 amide bonds. The highest BCUT2D eigenvalue weighted by atomic mass is 16.3. The Bertz CT molecular complexity index is 579. The number of nitrogens with one attached hydrogen (secondary N) is 1. The van der Waals surface area contributed by atoms with Gasteiger partial charge in [0.15, 0.2) is 0 Å². The number of aromatic nitrogens is 2. The van der Waals surface area contributed by atoms with Crippen LogP contribution >= 0.6 is 0 Å². The zero-order valence-corrected chi connectivity index (χ0v) is 10.1. The maximum Gasteiger partial charge on any atom is 0.275 e. The van der Waals surface area contributed by atoms with Crippen molar-refractivity contribution >= 4 is 11.7 Å². The SMILES string of the molecule is Cc1ccc(NC(=O)c2ncc(O)cc2C)nc1. The van der Waals surface area contributed by atoms with Crippen LogP contribution in [0.4, 0.5) is 5.82 Å². The number of pyridine rings is 2. The molecule has 0 spiro atoms. The largest absolute Gasteiger partial charge is 0.506 e. The molecule has 0 aliphatic carbocycles. The Hall–Kier alpha value is -2.43. The summed E-state index contributed by atoms with van der Waals surface area (Å²) in [5, 5.41) is 11.9. The molecule has 0 saturated heterocycles. The van der Waals surface area contributed by atoms with Crippen molar-refractivity contribution in [3.05, 3.63) is 47.4 Å². The van der Waals surface area contributed by atoms with Gasteiger partial charge in [-0.1, -0.05) is 6.07 Å². The summed E-state index contributed by atoms with van der Waals surface area (Å²) in [4.78, 5) is 19.9. The molecule has 5 heteroatoms. The topological polar surface area (TPSA) is 75.1 Å². The Morgan fingerprint density at radius 2 is 2.00 bits per heavy atom. The van der Waals surface area contributed by atoms with Crippen LogP contribution in [0.5, 0.6) is 5.75 Å². The minimum Gasteiger partial charge on any atom is -0.506 e. The van der Waals surface area contributed by atoms with Crippen LogP contribution in [-0.4, -0.2) is 21.0 Å². The van der Waals surface area contributed by atoms with Crippen molar-refractivity contribution in [2.75, 3.05) is 5.32 Å². The summed E-state index contributed by atoms with van der Waals surface area (Å²) in [7, 11) is 0. The zero-order chi connectivity index (χ0) is 13.1. The van der Waals surface area contributed by atoms with Crippen LogP contribution < -0.4 is 5.32 Å². The van der Waals surface area contributed by atoms with Crippen LogP contribution in [0.3, 0.4) is 0 Å². The second-order valence-corrected chi connectivity index (χ2v) is 4.03. The summed E-state index contributed by atoms with van der Waals surface area (Å²) >= 11 is 0. The van der Waals surface area contributed by atoms with Crippen LogP contribution in [-0.2, 0) is 0 Å².